The molecule has 2 aromatic heterocycles. The van der Waals surface area contributed by atoms with Crippen molar-refractivity contribution < 1.29 is 13.6 Å². The molecule has 1 atom stereocenters. The van der Waals surface area contributed by atoms with Crippen LogP contribution in [0.4, 0.5) is 20.3 Å². The van der Waals surface area contributed by atoms with Crippen molar-refractivity contribution in [3.8, 4) is 11.5 Å². The van der Waals surface area contributed by atoms with Crippen molar-refractivity contribution in [2.45, 2.75) is 37.8 Å². The molecule has 2 aliphatic rings. The molecule has 9 heteroatoms. The number of rotatable bonds is 4. The van der Waals surface area contributed by atoms with E-state index in [0.717, 1.165) is 5.56 Å². The molecule has 3 heterocycles. The Labute approximate surface area is 171 Å². The van der Waals surface area contributed by atoms with Crippen molar-refractivity contribution in [2.75, 3.05) is 12.4 Å². The fourth-order valence-corrected chi connectivity index (χ4v) is 4.28. The summed E-state index contributed by atoms with van der Waals surface area (Å²) < 4.78 is 30.0. The number of alkyl halides is 2. The van der Waals surface area contributed by atoms with Crippen molar-refractivity contribution in [1.29, 1.82) is 0 Å². The second-order valence-electron chi connectivity index (χ2n) is 7.76. The van der Waals surface area contributed by atoms with E-state index in [0.29, 0.717) is 48.0 Å². The monoisotopic (exact) mass is 410 g/mol. The topological polar surface area (TPSA) is 75.9 Å². The molecule has 7 nitrogen and oxygen atoms in total. The van der Waals surface area contributed by atoms with Crippen LogP contribution >= 0.6 is 0 Å². The Morgan fingerprint density at radius 2 is 2.03 bits per heavy atom. The number of nitrogens with zero attached hydrogens (tertiary/aromatic N) is 5. The Bertz CT molecular complexity index is 1130. The lowest BCUT2D eigenvalue weighted by Crippen LogP contribution is -2.25. The lowest BCUT2D eigenvalue weighted by Gasteiger charge is -2.21. The summed E-state index contributed by atoms with van der Waals surface area (Å²) in [7, 11) is 1.76. The molecular weight excluding hydrogens is 390 g/mol. The van der Waals surface area contributed by atoms with E-state index >= 15 is 0 Å². The molecule has 30 heavy (non-hydrogen) atoms. The van der Waals surface area contributed by atoms with Gasteiger partial charge in [0.1, 0.15) is 23.9 Å². The molecule has 1 amide bonds. The van der Waals surface area contributed by atoms with Crippen molar-refractivity contribution in [3.63, 3.8) is 0 Å². The summed E-state index contributed by atoms with van der Waals surface area (Å²) in [6, 6.07) is 9.92. The van der Waals surface area contributed by atoms with Gasteiger partial charge in [-0.15, -0.1) is 10.2 Å². The molecule has 1 N–H and O–H groups in total. The van der Waals surface area contributed by atoms with Crippen LogP contribution in [0, 0.1) is 0 Å². The van der Waals surface area contributed by atoms with E-state index in [1.165, 1.54) is 10.9 Å². The predicted octanol–water partition coefficient (Wildman–Crippen LogP) is 4.03. The maximum atomic E-state index is 14.3. The highest BCUT2D eigenvalue weighted by atomic mass is 19.3. The summed E-state index contributed by atoms with van der Waals surface area (Å²) in [6.07, 6.45) is 2.05. The average molecular weight is 410 g/mol. The molecule has 0 radical (unpaired) electrons. The third-order valence-electron chi connectivity index (χ3n) is 5.74. The predicted molar refractivity (Wildman–Crippen MR) is 107 cm³/mol. The highest BCUT2D eigenvalue weighted by Crippen LogP contribution is 2.44. The van der Waals surface area contributed by atoms with Crippen LogP contribution in [-0.4, -0.2) is 43.5 Å². The fraction of sp³-hybridized carbons (Fsp3) is 0.333. The Hall–Kier alpha value is -3.36. The van der Waals surface area contributed by atoms with Gasteiger partial charge < -0.3 is 14.8 Å². The summed E-state index contributed by atoms with van der Waals surface area (Å²) in [4.78, 5) is 18.7. The molecule has 3 aromatic rings. The number of halogens is 2. The maximum absolute atomic E-state index is 14.3. The van der Waals surface area contributed by atoms with E-state index in [4.69, 9.17) is 0 Å². The van der Waals surface area contributed by atoms with Gasteiger partial charge in [-0.3, -0.25) is 4.79 Å². The number of hydrogen-bond donors (Lipinski definition) is 1. The highest BCUT2D eigenvalue weighted by Gasteiger charge is 2.46. The lowest BCUT2D eigenvalue weighted by molar-refractivity contribution is -0.0302. The van der Waals surface area contributed by atoms with Crippen molar-refractivity contribution in [2.24, 2.45) is 0 Å². The SMILES string of the molecule is CN1Cc2cccc(Nc3cccc(-c4nncn4[C@@H]4CCCC4(F)F)n3)c2C1=O. The first-order valence-corrected chi connectivity index (χ1v) is 9.83. The first-order valence-electron chi connectivity index (χ1n) is 9.83. The van der Waals surface area contributed by atoms with Gasteiger partial charge in [0, 0.05) is 20.0 Å². The zero-order valence-electron chi connectivity index (χ0n) is 16.3. The zero-order chi connectivity index (χ0) is 20.9. The molecule has 1 saturated carbocycles. The third-order valence-corrected chi connectivity index (χ3v) is 5.74. The van der Waals surface area contributed by atoms with Crippen LogP contribution in [0.2, 0.25) is 0 Å². The number of anilines is 2. The minimum absolute atomic E-state index is 0.0486. The number of fused-ring (bicyclic) bond motifs is 1. The van der Waals surface area contributed by atoms with E-state index in [1.807, 2.05) is 18.2 Å². The summed E-state index contributed by atoms with van der Waals surface area (Å²) >= 11 is 0. The Balaban J connectivity index is 1.48. The zero-order valence-corrected chi connectivity index (χ0v) is 16.3. The number of nitrogens with one attached hydrogen (secondary N) is 1. The van der Waals surface area contributed by atoms with Gasteiger partial charge in [-0.1, -0.05) is 18.2 Å². The second-order valence-corrected chi connectivity index (χ2v) is 7.76. The van der Waals surface area contributed by atoms with Crippen LogP contribution in [0.1, 0.15) is 41.2 Å². The number of amides is 1. The minimum Gasteiger partial charge on any atom is -0.340 e. The molecule has 0 unspecified atom stereocenters. The number of carbonyl (C=O) groups is 1. The van der Waals surface area contributed by atoms with Crippen LogP contribution in [0.3, 0.4) is 0 Å². The van der Waals surface area contributed by atoms with Gasteiger partial charge in [-0.2, -0.15) is 0 Å². The van der Waals surface area contributed by atoms with E-state index in [9.17, 15) is 13.6 Å². The molecule has 1 aliphatic carbocycles. The van der Waals surface area contributed by atoms with Crippen LogP contribution in [0.5, 0.6) is 0 Å². The minimum atomic E-state index is -2.79. The molecule has 5 rings (SSSR count). The molecule has 0 spiro atoms. The van der Waals surface area contributed by atoms with Crippen LogP contribution < -0.4 is 5.32 Å². The van der Waals surface area contributed by atoms with Crippen LogP contribution in [0.15, 0.2) is 42.7 Å². The van der Waals surface area contributed by atoms with Crippen LogP contribution in [0.25, 0.3) is 11.5 Å². The molecule has 0 bridgehead atoms. The molecule has 154 valence electrons. The third kappa shape index (κ3) is 3.01. The van der Waals surface area contributed by atoms with Crippen molar-refractivity contribution in [3.05, 3.63) is 53.9 Å². The van der Waals surface area contributed by atoms with Gasteiger partial charge in [0.05, 0.1) is 11.3 Å². The van der Waals surface area contributed by atoms with Crippen molar-refractivity contribution >= 4 is 17.4 Å². The first kappa shape index (κ1) is 18.7. The summed E-state index contributed by atoms with van der Waals surface area (Å²) in [5, 5.41) is 11.1. The molecule has 1 aromatic carbocycles. The number of carbonyl (C=O) groups excluding carboxylic acids is 1. The largest absolute Gasteiger partial charge is 0.340 e. The van der Waals surface area contributed by atoms with Crippen LogP contribution in [-0.2, 0) is 6.54 Å². The normalized spacial score (nSPS) is 19.9. The standard InChI is InChI=1S/C21H20F2N6O/c1-28-11-13-5-2-6-14(18(13)20(28)30)25-17-9-3-7-15(26-17)19-27-24-12-29(19)16-8-4-10-21(16,22)23/h2-3,5-7,9,12,16H,4,8,10-11H2,1H3,(H,25,26)/t16-/m1/s1. The van der Waals surface area contributed by atoms with Gasteiger partial charge in [0.25, 0.3) is 11.8 Å². The van der Waals surface area contributed by atoms with Gasteiger partial charge in [-0.05, 0) is 36.6 Å². The molecule has 0 saturated heterocycles. The fourth-order valence-electron chi connectivity index (χ4n) is 4.28. The average Bonchev–Trinajstić information content (AvgIpc) is 3.40. The number of benzene rings is 1. The summed E-state index contributed by atoms with van der Waals surface area (Å²) in [5.41, 5.74) is 2.68. The second kappa shape index (κ2) is 6.86. The summed E-state index contributed by atoms with van der Waals surface area (Å²) in [5.74, 6) is -2.04. The highest BCUT2D eigenvalue weighted by molar-refractivity contribution is 6.03. The van der Waals surface area contributed by atoms with Gasteiger partial charge in [-0.25, -0.2) is 13.8 Å². The smallest absolute Gasteiger partial charge is 0.268 e. The molecule has 1 aliphatic heterocycles. The van der Waals surface area contributed by atoms with E-state index in [2.05, 4.69) is 20.5 Å². The van der Waals surface area contributed by atoms with Gasteiger partial charge >= 0.3 is 0 Å². The molecule has 1 fully saturated rings. The lowest BCUT2D eigenvalue weighted by atomic mass is 10.1. The maximum Gasteiger partial charge on any atom is 0.268 e. The first-order chi connectivity index (χ1) is 14.4. The van der Waals surface area contributed by atoms with Gasteiger partial charge in [0.15, 0.2) is 5.82 Å². The Morgan fingerprint density at radius 3 is 2.83 bits per heavy atom. The number of aromatic nitrogens is 4. The summed E-state index contributed by atoms with van der Waals surface area (Å²) in [6.45, 7) is 0.565. The van der Waals surface area contributed by atoms with Gasteiger partial charge in [0.2, 0.25) is 0 Å². The van der Waals surface area contributed by atoms with E-state index in [-0.39, 0.29) is 12.3 Å². The van der Waals surface area contributed by atoms with E-state index in [1.54, 1.807) is 30.1 Å². The molecular formula is C21H20F2N6O. The Kier molecular flexibility index (Phi) is 4.27. The van der Waals surface area contributed by atoms with Crippen molar-refractivity contribution in [1.82, 2.24) is 24.6 Å². The van der Waals surface area contributed by atoms with E-state index < -0.39 is 12.0 Å². The number of hydrogen-bond acceptors (Lipinski definition) is 5. The quantitative estimate of drug-likeness (QED) is 0.703. The Morgan fingerprint density at radius 1 is 1.20 bits per heavy atom. The number of pyridine rings is 1.